The molecule has 5 heteroatoms. The molecule has 1 aromatic rings. The molecule has 20 heavy (non-hydrogen) atoms. The van der Waals surface area contributed by atoms with Crippen LogP contribution in [0.4, 0.5) is 0 Å². The summed E-state index contributed by atoms with van der Waals surface area (Å²) < 4.78 is 5.17. The van der Waals surface area contributed by atoms with E-state index in [1.54, 1.807) is 24.3 Å². The summed E-state index contributed by atoms with van der Waals surface area (Å²) in [7, 11) is 0. The van der Waals surface area contributed by atoms with Crippen LogP contribution in [0.3, 0.4) is 0 Å². The van der Waals surface area contributed by atoms with Gasteiger partial charge >= 0.3 is 0 Å². The minimum absolute atomic E-state index is 0.0633. The molecule has 1 aliphatic rings. The molecule has 0 aromatic heterocycles. The number of hydrogen-bond donors (Lipinski definition) is 1. The quantitative estimate of drug-likeness (QED) is 0.907. The van der Waals surface area contributed by atoms with Crippen LogP contribution in [0.2, 0.25) is 0 Å². The van der Waals surface area contributed by atoms with E-state index in [4.69, 9.17) is 10.5 Å². The van der Waals surface area contributed by atoms with Crippen LogP contribution in [0.1, 0.15) is 36.0 Å². The van der Waals surface area contributed by atoms with Crippen molar-refractivity contribution in [3.05, 3.63) is 29.8 Å². The third kappa shape index (κ3) is 3.98. The SMILES string of the molecule is NC(=O)COc1ccc(C(=O)N2CCCCCC2)cc1. The molecule has 0 spiro atoms. The molecule has 0 aliphatic carbocycles. The Hall–Kier alpha value is -2.04. The number of likely N-dealkylation sites (tertiary alicyclic amines) is 1. The largest absolute Gasteiger partial charge is 0.484 e. The predicted molar refractivity (Wildman–Crippen MR) is 75.5 cm³/mol. The molecule has 0 radical (unpaired) electrons. The maximum Gasteiger partial charge on any atom is 0.255 e. The number of nitrogens with two attached hydrogens (primary N) is 1. The standard InChI is InChI=1S/C15H20N2O3/c16-14(18)11-20-13-7-5-12(6-8-13)15(19)17-9-3-1-2-4-10-17/h5-8H,1-4,9-11H2,(H2,16,18). The molecule has 1 fully saturated rings. The molecule has 2 N–H and O–H groups in total. The van der Waals surface area contributed by atoms with Crippen molar-refractivity contribution in [3.8, 4) is 5.75 Å². The molecule has 108 valence electrons. The van der Waals surface area contributed by atoms with Crippen LogP contribution in [-0.4, -0.2) is 36.4 Å². The van der Waals surface area contributed by atoms with Crippen molar-refractivity contribution in [2.24, 2.45) is 5.73 Å². The van der Waals surface area contributed by atoms with E-state index in [1.807, 2.05) is 4.90 Å². The van der Waals surface area contributed by atoms with Gasteiger partial charge in [-0.05, 0) is 37.1 Å². The molecule has 5 nitrogen and oxygen atoms in total. The normalized spacial score (nSPS) is 15.5. The van der Waals surface area contributed by atoms with E-state index in [0.717, 1.165) is 25.9 Å². The van der Waals surface area contributed by atoms with E-state index >= 15 is 0 Å². The van der Waals surface area contributed by atoms with Crippen LogP contribution in [-0.2, 0) is 4.79 Å². The molecule has 0 saturated carbocycles. The highest BCUT2D eigenvalue weighted by molar-refractivity contribution is 5.94. The second-order valence-corrected chi connectivity index (χ2v) is 4.99. The van der Waals surface area contributed by atoms with Crippen LogP contribution in [0.25, 0.3) is 0 Å². The van der Waals surface area contributed by atoms with Crippen LogP contribution in [0.5, 0.6) is 5.75 Å². The van der Waals surface area contributed by atoms with Crippen LogP contribution < -0.4 is 10.5 Å². The number of rotatable bonds is 4. The van der Waals surface area contributed by atoms with Gasteiger partial charge in [0.15, 0.2) is 6.61 Å². The molecule has 2 amide bonds. The summed E-state index contributed by atoms with van der Waals surface area (Å²) in [6.45, 7) is 1.51. The average Bonchev–Trinajstić information content (AvgIpc) is 2.74. The topological polar surface area (TPSA) is 72.6 Å². The average molecular weight is 276 g/mol. The number of carbonyl (C=O) groups excluding carboxylic acids is 2. The van der Waals surface area contributed by atoms with E-state index in [-0.39, 0.29) is 12.5 Å². The maximum absolute atomic E-state index is 12.3. The number of amides is 2. The Balaban J connectivity index is 1.97. The highest BCUT2D eigenvalue weighted by Gasteiger charge is 2.17. The van der Waals surface area contributed by atoms with Gasteiger partial charge in [-0.2, -0.15) is 0 Å². The Morgan fingerprint density at radius 2 is 1.65 bits per heavy atom. The van der Waals surface area contributed by atoms with Crippen LogP contribution >= 0.6 is 0 Å². The molecular weight excluding hydrogens is 256 g/mol. The van der Waals surface area contributed by atoms with Gasteiger partial charge in [0.25, 0.3) is 11.8 Å². The molecule has 1 saturated heterocycles. The third-order valence-corrected chi connectivity index (χ3v) is 3.38. The van der Waals surface area contributed by atoms with Crippen molar-refractivity contribution >= 4 is 11.8 Å². The maximum atomic E-state index is 12.3. The van der Waals surface area contributed by atoms with Crippen LogP contribution in [0.15, 0.2) is 24.3 Å². The van der Waals surface area contributed by atoms with Gasteiger partial charge in [-0.3, -0.25) is 9.59 Å². The summed E-state index contributed by atoms with van der Waals surface area (Å²) in [5.74, 6) is 0.0827. The highest BCUT2D eigenvalue weighted by atomic mass is 16.5. The monoisotopic (exact) mass is 276 g/mol. The minimum Gasteiger partial charge on any atom is -0.484 e. The summed E-state index contributed by atoms with van der Waals surface area (Å²) >= 11 is 0. The lowest BCUT2D eigenvalue weighted by atomic mass is 10.2. The van der Waals surface area contributed by atoms with Gasteiger partial charge in [-0.15, -0.1) is 0 Å². The van der Waals surface area contributed by atoms with Gasteiger partial charge in [-0.1, -0.05) is 12.8 Å². The molecular formula is C15H20N2O3. The number of ether oxygens (including phenoxy) is 1. The number of hydrogen-bond acceptors (Lipinski definition) is 3. The first kappa shape index (κ1) is 14.4. The van der Waals surface area contributed by atoms with Gasteiger partial charge < -0.3 is 15.4 Å². The molecule has 0 atom stereocenters. The molecule has 2 rings (SSSR count). The van der Waals surface area contributed by atoms with Gasteiger partial charge in [0.05, 0.1) is 0 Å². The second-order valence-electron chi connectivity index (χ2n) is 4.99. The summed E-state index contributed by atoms with van der Waals surface area (Å²) in [5.41, 5.74) is 5.66. The fourth-order valence-corrected chi connectivity index (χ4v) is 2.30. The van der Waals surface area contributed by atoms with Gasteiger partial charge in [0.1, 0.15) is 5.75 Å². The Morgan fingerprint density at radius 1 is 1.05 bits per heavy atom. The minimum atomic E-state index is -0.519. The Kier molecular flexibility index (Phi) is 4.98. The summed E-state index contributed by atoms with van der Waals surface area (Å²) in [6.07, 6.45) is 4.55. The number of benzene rings is 1. The van der Waals surface area contributed by atoms with Gasteiger partial charge in [0.2, 0.25) is 0 Å². The zero-order chi connectivity index (χ0) is 14.4. The molecule has 1 aliphatic heterocycles. The Morgan fingerprint density at radius 3 is 2.20 bits per heavy atom. The summed E-state index contributed by atoms with van der Waals surface area (Å²) in [6, 6.07) is 6.83. The Bertz CT molecular complexity index is 463. The lowest BCUT2D eigenvalue weighted by Crippen LogP contribution is -2.31. The smallest absolute Gasteiger partial charge is 0.255 e. The van der Waals surface area contributed by atoms with Crippen molar-refractivity contribution < 1.29 is 14.3 Å². The first-order chi connectivity index (χ1) is 9.66. The fraction of sp³-hybridized carbons (Fsp3) is 0.467. The lowest BCUT2D eigenvalue weighted by Gasteiger charge is -2.20. The predicted octanol–water partition coefficient (Wildman–Crippen LogP) is 1.57. The van der Waals surface area contributed by atoms with E-state index in [0.29, 0.717) is 11.3 Å². The highest BCUT2D eigenvalue weighted by Crippen LogP contribution is 2.16. The van der Waals surface area contributed by atoms with E-state index in [2.05, 4.69) is 0 Å². The van der Waals surface area contributed by atoms with Crippen molar-refractivity contribution in [1.82, 2.24) is 4.90 Å². The van der Waals surface area contributed by atoms with Crippen molar-refractivity contribution in [2.45, 2.75) is 25.7 Å². The van der Waals surface area contributed by atoms with Crippen molar-refractivity contribution in [1.29, 1.82) is 0 Å². The summed E-state index contributed by atoms with van der Waals surface area (Å²) in [5, 5.41) is 0. The number of nitrogens with zero attached hydrogens (tertiary/aromatic N) is 1. The molecule has 1 aromatic carbocycles. The number of carbonyl (C=O) groups is 2. The van der Waals surface area contributed by atoms with Crippen molar-refractivity contribution in [3.63, 3.8) is 0 Å². The first-order valence-electron chi connectivity index (χ1n) is 6.97. The third-order valence-electron chi connectivity index (χ3n) is 3.38. The molecule has 0 bridgehead atoms. The van der Waals surface area contributed by atoms with Crippen LogP contribution in [0, 0.1) is 0 Å². The van der Waals surface area contributed by atoms with Gasteiger partial charge in [0, 0.05) is 18.7 Å². The molecule has 1 heterocycles. The lowest BCUT2D eigenvalue weighted by molar-refractivity contribution is -0.119. The first-order valence-corrected chi connectivity index (χ1v) is 6.97. The van der Waals surface area contributed by atoms with Crippen molar-refractivity contribution in [2.75, 3.05) is 19.7 Å². The fourth-order valence-electron chi connectivity index (χ4n) is 2.30. The van der Waals surface area contributed by atoms with E-state index in [9.17, 15) is 9.59 Å². The second kappa shape index (κ2) is 6.93. The number of primary amides is 1. The molecule has 0 unspecified atom stereocenters. The van der Waals surface area contributed by atoms with E-state index < -0.39 is 5.91 Å². The zero-order valence-electron chi connectivity index (χ0n) is 11.5. The zero-order valence-corrected chi connectivity index (χ0v) is 11.5. The Labute approximate surface area is 118 Å². The van der Waals surface area contributed by atoms with E-state index in [1.165, 1.54) is 12.8 Å². The van der Waals surface area contributed by atoms with Gasteiger partial charge in [-0.25, -0.2) is 0 Å². The summed E-state index contributed by atoms with van der Waals surface area (Å²) in [4.78, 5) is 24.9.